The van der Waals surface area contributed by atoms with Gasteiger partial charge < -0.3 is 20.1 Å². The van der Waals surface area contributed by atoms with Crippen LogP contribution in [0, 0.1) is 5.92 Å². The Hall–Kier alpha value is -2.65. The van der Waals surface area contributed by atoms with E-state index in [0.29, 0.717) is 19.4 Å². The quantitative estimate of drug-likeness (QED) is 0.305. The number of imide groups is 1. The van der Waals surface area contributed by atoms with Gasteiger partial charge in [0.05, 0.1) is 6.04 Å². The molecule has 0 aliphatic carbocycles. The first-order valence-electron chi connectivity index (χ1n) is 10.0. The highest BCUT2D eigenvalue weighted by molar-refractivity contribution is 6.15. The average Bonchev–Trinajstić information content (AvgIpc) is 2.87. The number of Topliss-reactive ketones (excluding diaryl/α,β-unsaturated/α-hetero) is 1. The average molecular weight is 427 g/mol. The molecule has 3 N–H and O–H groups in total. The Morgan fingerprint density at radius 3 is 2.07 bits per heavy atom. The van der Waals surface area contributed by atoms with Gasteiger partial charge in [0, 0.05) is 13.0 Å². The van der Waals surface area contributed by atoms with Crippen molar-refractivity contribution in [3.8, 4) is 0 Å². The monoisotopic (exact) mass is 427 g/mol. The second-order valence-corrected chi connectivity index (χ2v) is 9.19. The fourth-order valence-corrected chi connectivity index (χ4v) is 2.74. The minimum atomic E-state index is -1.13. The van der Waals surface area contributed by atoms with Crippen LogP contribution in [0.15, 0.2) is 0 Å². The second-order valence-electron chi connectivity index (χ2n) is 9.19. The van der Waals surface area contributed by atoms with Gasteiger partial charge in [0.15, 0.2) is 5.78 Å². The molecule has 0 aromatic heterocycles. The zero-order chi connectivity index (χ0) is 23.1. The first-order valence-corrected chi connectivity index (χ1v) is 10.0. The van der Waals surface area contributed by atoms with Crippen LogP contribution in [0.5, 0.6) is 0 Å². The third kappa shape index (κ3) is 9.71. The first kappa shape index (κ1) is 25.4. The molecule has 170 valence electrons. The molecule has 1 unspecified atom stereocenters. The lowest BCUT2D eigenvalue weighted by atomic mass is 9.93. The van der Waals surface area contributed by atoms with E-state index in [9.17, 15) is 24.0 Å². The van der Waals surface area contributed by atoms with Gasteiger partial charge in [-0.1, -0.05) is 0 Å². The number of amides is 4. The summed E-state index contributed by atoms with van der Waals surface area (Å²) in [6.07, 6.45) is -0.323. The summed E-state index contributed by atoms with van der Waals surface area (Å²) in [4.78, 5) is 59.8. The predicted octanol–water partition coefficient (Wildman–Crippen LogP) is 1.81. The lowest BCUT2D eigenvalue weighted by molar-refractivity contribution is -0.133. The Morgan fingerprint density at radius 2 is 1.57 bits per heavy atom. The van der Waals surface area contributed by atoms with Gasteiger partial charge in [-0.15, -0.1) is 0 Å². The van der Waals surface area contributed by atoms with E-state index < -0.39 is 52.9 Å². The number of ketones is 1. The van der Waals surface area contributed by atoms with Gasteiger partial charge in [0.1, 0.15) is 17.1 Å². The molecule has 1 aliphatic heterocycles. The molecule has 1 rings (SSSR count). The molecular formula is C20H33N3O7. The molecule has 0 aromatic carbocycles. The van der Waals surface area contributed by atoms with Crippen LogP contribution in [0.1, 0.15) is 67.2 Å². The Kier molecular flexibility index (Phi) is 8.80. The number of nitrogens with one attached hydrogen (secondary N) is 3. The fraction of sp³-hybridized carbons (Fsp3) is 0.750. The van der Waals surface area contributed by atoms with Crippen molar-refractivity contribution in [2.24, 2.45) is 5.92 Å². The van der Waals surface area contributed by atoms with Crippen molar-refractivity contribution >= 4 is 29.8 Å². The highest BCUT2D eigenvalue weighted by Crippen LogP contribution is 2.17. The Morgan fingerprint density at radius 1 is 1.00 bits per heavy atom. The van der Waals surface area contributed by atoms with Crippen LogP contribution in [-0.4, -0.2) is 53.6 Å². The van der Waals surface area contributed by atoms with Crippen molar-refractivity contribution in [1.29, 1.82) is 0 Å². The fourth-order valence-electron chi connectivity index (χ4n) is 2.74. The van der Waals surface area contributed by atoms with Gasteiger partial charge in [0.2, 0.25) is 11.8 Å². The van der Waals surface area contributed by atoms with E-state index in [4.69, 9.17) is 9.47 Å². The Labute approximate surface area is 176 Å². The van der Waals surface area contributed by atoms with Crippen LogP contribution in [-0.2, 0) is 23.9 Å². The highest BCUT2D eigenvalue weighted by Gasteiger charge is 2.40. The van der Waals surface area contributed by atoms with Gasteiger partial charge in [-0.25, -0.2) is 9.59 Å². The molecule has 1 heterocycles. The molecule has 1 aliphatic rings. The highest BCUT2D eigenvalue weighted by atomic mass is 16.6. The minimum absolute atomic E-state index is 0.228. The molecule has 10 heteroatoms. The maximum Gasteiger partial charge on any atom is 0.408 e. The van der Waals surface area contributed by atoms with E-state index in [0.717, 1.165) is 0 Å². The first-order chi connectivity index (χ1) is 13.7. The number of carbonyl (C=O) groups excluding carboxylic acids is 5. The standard InChI is InChI=1S/C20H33N3O7/c1-19(2,3)29-17(27)21-10-8-7-9-13(22-18(28)30-20(4,5)6)15(25)12-11-14(24)23-16(12)26/h12-13H,7-11H2,1-6H3,(H,21,27)(H,22,28)(H,23,24,26)/t12-,13?/m0/s1. The largest absolute Gasteiger partial charge is 0.444 e. The third-order valence-electron chi connectivity index (χ3n) is 3.93. The van der Waals surface area contributed by atoms with Crippen molar-refractivity contribution < 1.29 is 33.4 Å². The van der Waals surface area contributed by atoms with Crippen molar-refractivity contribution in [3.63, 3.8) is 0 Å². The smallest absolute Gasteiger partial charge is 0.408 e. The Bertz CT molecular complexity index is 677. The summed E-state index contributed by atoms with van der Waals surface area (Å²) >= 11 is 0. The van der Waals surface area contributed by atoms with Gasteiger partial charge >= 0.3 is 12.2 Å². The normalized spacial score (nSPS) is 17.7. The lowest BCUT2D eigenvalue weighted by Gasteiger charge is -2.24. The van der Waals surface area contributed by atoms with Crippen LogP contribution in [0.4, 0.5) is 9.59 Å². The molecule has 0 aromatic rings. The molecule has 30 heavy (non-hydrogen) atoms. The molecular weight excluding hydrogens is 394 g/mol. The van der Waals surface area contributed by atoms with Crippen molar-refractivity contribution in [2.45, 2.75) is 84.5 Å². The molecule has 1 saturated heterocycles. The van der Waals surface area contributed by atoms with Crippen molar-refractivity contribution in [2.75, 3.05) is 6.54 Å². The zero-order valence-corrected chi connectivity index (χ0v) is 18.5. The Balaban J connectivity index is 2.62. The summed E-state index contributed by atoms with van der Waals surface area (Å²) in [6, 6.07) is -0.983. The maximum absolute atomic E-state index is 12.8. The van der Waals surface area contributed by atoms with Gasteiger partial charge in [-0.2, -0.15) is 0 Å². The van der Waals surface area contributed by atoms with E-state index in [1.54, 1.807) is 41.5 Å². The number of ether oxygens (including phenoxy) is 2. The number of hydrogen-bond acceptors (Lipinski definition) is 7. The molecule has 10 nitrogen and oxygen atoms in total. The number of hydrogen-bond donors (Lipinski definition) is 3. The SMILES string of the molecule is CC(C)(C)OC(=O)NCCCCC(NC(=O)OC(C)(C)C)C(=O)[C@@H]1CC(=O)NC1=O. The number of carbonyl (C=O) groups is 5. The summed E-state index contributed by atoms with van der Waals surface area (Å²) in [6.45, 7) is 10.7. The minimum Gasteiger partial charge on any atom is -0.444 e. The van der Waals surface area contributed by atoms with Crippen LogP contribution in [0.2, 0.25) is 0 Å². The molecule has 4 amide bonds. The summed E-state index contributed by atoms with van der Waals surface area (Å²) in [5.74, 6) is -2.84. The number of alkyl carbamates (subject to hydrolysis) is 2. The van der Waals surface area contributed by atoms with Gasteiger partial charge in [0.25, 0.3) is 0 Å². The summed E-state index contributed by atoms with van der Waals surface area (Å²) in [5.41, 5.74) is -1.35. The van der Waals surface area contributed by atoms with E-state index >= 15 is 0 Å². The van der Waals surface area contributed by atoms with Gasteiger partial charge in [-0.05, 0) is 60.8 Å². The summed E-state index contributed by atoms with van der Waals surface area (Å²) < 4.78 is 10.3. The van der Waals surface area contributed by atoms with Crippen LogP contribution in [0.25, 0.3) is 0 Å². The summed E-state index contributed by atoms with van der Waals surface area (Å²) in [5, 5.41) is 7.21. The molecule has 0 bridgehead atoms. The van der Waals surface area contributed by atoms with Crippen LogP contribution < -0.4 is 16.0 Å². The third-order valence-corrected chi connectivity index (χ3v) is 3.93. The molecule has 1 fully saturated rings. The van der Waals surface area contributed by atoms with Crippen molar-refractivity contribution in [1.82, 2.24) is 16.0 Å². The van der Waals surface area contributed by atoms with E-state index in [1.165, 1.54) is 0 Å². The molecule has 0 radical (unpaired) electrons. The molecule has 0 spiro atoms. The predicted molar refractivity (Wildman–Crippen MR) is 108 cm³/mol. The molecule has 0 saturated carbocycles. The van der Waals surface area contributed by atoms with E-state index in [1.807, 2.05) is 0 Å². The number of unbranched alkanes of at least 4 members (excludes halogenated alkanes) is 1. The maximum atomic E-state index is 12.8. The summed E-state index contributed by atoms with van der Waals surface area (Å²) in [7, 11) is 0. The van der Waals surface area contributed by atoms with Crippen LogP contribution >= 0.6 is 0 Å². The number of rotatable bonds is 8. The van der Waals surface area contributed by atoms with E-state index in [-0.39, 0.29) is 12.8 Å². The van der Waals surface area contributed by atoms with Crippen molar-refractivity contribution in [3.05, 3.63) is 0 Å². The topological polar surface area (TPSA) is 140 Å². The molecule has 2 atom stereocenters. The second kappa shape index (κ2) is 10.4. The van der Waals surface area contributed by atoms with E-state index in [2.05, 4.69) is 16.0 Å². The lowest BCUT2D eigenvalue weighted by Crippen LogP contribution is -2.46. The van der Waals surface area contributed by atoms with Crippen LogP contribution in [0.3, 0.4) is 0 Å². The zero-order valence-electron chi connectivity index (χ0n) is 18.5. The van der Waals surface area contributed by atoms with Gasteiger partial charge in [-0.3, -0.25) is 19.7 Å².